The normalized spacial score (nSPS) is 26.0. The third-order valence-electron chi connectivity index (χ3n) is 10.1. The summed E-state index contributed by atoms with van der Waals surface area (Å²) < 4.78 is 42.3. The van der Waals surface area contributed by atoms with Gasteiger partial charge < -0.3 is 27.6 Å². The fraction of sp³-hybridized carbons (Fsp3) is 0.765. The molecular formula is C34H62BIO6Si2. The van der Waals surface area contributed by atoms with Crippen molar-refractivity contribution in [2.45, 2.75) is 168 Å². The summed E-state index contributed by atoms with van der Waals surface area (Å²) in [4.78, 5) is 0. The lowest BCUT2D eigenvalue weighted by atomic mass is 9.79. The second-order valence-electron chi connectivity index (χ2n) is 15.3. The van der Waals surface area contributed by atoms with E-state index in [-0.39, 0.29) is 40.7 Å². The van der Waals surface area contributed by atoms with Crippen molar-refractivity contribution >= 4 is 46.3 Å². The van der Waals surface area contributed by atoms with Gasteiger partial charge in [-0.2, -0.15) is 0 Å². The molecule has 0 unspecified atom stereocenters. The Hall–Kier alpha value is -0.0513. The lowest BCUT2D eigenvalue weighted by molar-refractivity contribution is -0.156. The van der Waals surface area contributed by atoms with E-state index >= 15 is 0 Å². The van der Waals surface area contributed by atoms with Gasteiger partial charge in [0, 0.05) is 0 Å². The van der Waals surface area contributed by atoms with E-state index in [1.165, 1.54) is 0 Å². The summed E-state index contributed by atoms with van der Waals surface area (Å²) in [5, 5.41) is 0.0214. The summed E-state index contributed by atoms with van der Waals surface area (Å²) in [6, 6.07) is 3.17. The molecule has 2 heterocycles. The molecular weight excluding hydrogens is 698 g/mol. The maximum Gasteiger partial charge on any atom is 0.490 e. The highest BCUT2D eigenvalue weighted by atomic mass is 127. The lowest BCUT2D eigenvalue weighted by Gasteiger charge is -2.41. The first-order valence-electron chi connectivity index (χ1n) is 16.4. The third-order valence-corrected chi connectivity index (χ3v) is 19.7. The largest absolute Gasteiger partial charge is 0.490 e. The smallest absolute Gasteiger partial charge is 0.408 e. The van der Waals surface area contributed by atoms with Gasteiger partial charge in [-0.1, -0.05) is 101 Å². The average molecular weight is 761 g/mol. The van der Waals surface area contributed by atoms with Gasteiger partial charge in [0.05, 0.1) is 23.4 Å². The predicted molar refractivity (Wildman–Crippen MR) is 199 cm³/mol. The molecule has 0 aromatic carbocycles. The maximum absolute atomic E-state index is 7.14. The summed E-state index contributed by atoms with van der Waals surface area (Å²) in [6.45, 7) is 32.5. The van der Waals surface area contributed by atoms with Gasteiger partial charge in [-0.05, 0) is 94.3 Å². The highest BCUT2D eigenvalue weighted by Gasteiger charge is 2.53. The van der Waals surface area contributed by atoms with Crippen LogP contribution in [0.2, 0.25) is 36.3 Å². The van der Waals surface area contributed by atoms with E-state index in [1.54, 1.807) is 0 Å². The SMILES string of the molecule is CC[Si](CC)(CC)O[C@@H](/C=C\C=C\I)[C@H]1OC(C)(C)O[C@H]1[C@@H](/C=C/C=C(/C)B1OC(C)(C)C(C)(C)O1)O[Si](C)(C)C(C)(C)C. The zero-order chi connectivity index (χ0) is 33.8. The minimum absolute atomic E-state index is 0.0214. The van der Waals surface area contributed by atoms with Crippen LogP contribution in [-0.2, 0) is 27.6 Å². The summed E-state index contributed by atoms with van der Waals surface area (Å²) >= 11 is 2.25. The zero-order valence-electron chi connectivity index (χ0n) is 30.4. The van der Waals surface area contributed by atoms with Crippen molar-refractivity contribution in [2.75, 3.05) is 0 Å². The van der Waals surface area contributed by atoms with Crippen LogP contribution in [0, 0.1) is 0 Å². The first kappa shape index (κ1) is 40.1. The number of hydrogen-bond donors (Lipinski definition) is 0. The van der Waals surface area contributed by atoms with Gasteiger partial charge in [-0.25, -0.2) is 0 Å². The molecule has 4 atom stereocenters. The molecule has 252 valence electrons. The van der Waals surface area contributed by atoms with Crippen LogP contribution in [0.4, 0.5) is 0 Å². The average Bonchev–Trinajstić information content (AvgIpc) is 3.35. The summed E-state index contributed by atoms with van der Waals surface area (Å²) in [5.41, 5.74) is 0.230. The van der Waals surface area contributed by atoms with E-state index in [0.29, 0.717) is 0 Å². The lowest BCUT2D eigenvalue weighted by Crippen LogP contribution is -2.52. The van der Waals surface area contributed by atoms with Crippen LogP contribution >= 0.6 is 22.6 Å². The van der Waals surface area contributed by atoms with Crippen molar-refractivity contribution in [2.24, 2.45) is 0 Å². The van der Waals surface area contributed by atoms with Gasteiger partial charge >= 0.3 is 7.12 Å². The molecule has 0 radical (unpaired) electrons. The zero-order valence-corrected chi connectivity index (χ0v) is 34.5. The van der Waals surface area contributed by atoms with Crippen LogP contribution in [0.15, 0.2) is 46.0 Å². The molecule has 0 N–H and O–H groups in total. The van der Waals surface area contributed by atoms with Gasteiger partial charge in [-0.15, -0.1) is 0 Å². The highest BCUT2D eigenvalue weighted by Crippen LogP contribution is 2.42. The van der Waals surface area contributed by atoms with E-state index in [2.05, 4.69) is 142 Å². The minimum Gasteiger partial charge on any atom is -0.408 e. The Labute approximate surface area is 286 Å². The molecule has 2 aliphatic heterocycles. The Balaban J connectivity index is 2.57. The minimum atomic E-state index is -2.20. The number of hydrogen-bond acceptors (Lipinski definition) is 6. The van der Waals surface area contributed by atoms with Crippen molar-refractivity contribution in [3.05, 3.63) is 46.0 Å². The summed E-state index contributed by atoms with van der Waals surface area (Å²) in [5.74, 6) is -0.782. The Kier molecular flexibility index (Phi) is 14.1. The highest BCUT2D eigenvalue weighted by molar-refractivity contribution is 14.1. The Morgan fingerprint density at radius 3 is 1.70 bits per heavy atom. The Bertz CT molecular complexity index is 1030. The van der Waals surface area contributed by atoms with Crippen LogP contribution in [-0.4, -0.2) is 65.2 Å². The third kappa shape index (κ3) is 9.98. The maximum atomic E-state index is 7.14. The van der Waals surface area contributed by atoms with E-state index in [9.17, 15) is 0 Å². The van der Waals surface area contributed by atoms with Gasteiger partial charge in [0.15, 0.2) is 22.4 Å². The van der Waals surface area contributed by atoms with E-state index in [0.717, 1.165) is 23.6 Å². The monoisotopic (exact) mass is 760 g/mol. The number of allylic oxidation sites excluding steroid dienone is 5. The Morgan fingerprint density at radius 2 is 1.27 bits per heavy atom. The molecule has 2 rings (SSSR count). The van der Waals surface area contributed by atoms with Crippen molar-refractivity contribution in [3.63, 3.8) is 0 Å². The molecule has 0 bridgehead atoms. The molecule has 2 fully saturated rings. The van der Waals surface area contributed by atoms with E-state index < -0.39 is 29.5 Å². The van der Waals surface area contributed by atoms with Gasteiger partial charge in [0.25, 0.3) is 0 Å². The molecule has 0 aromatic heterocycles. The summed E-state index contributed by atoms with van der Waals surface area (Å²) in [7, 11) is -4.58. The quantitative estimate of drug-likeness (QED) is 0.0999. The fourth-order valence-corrected chi connectivity index (χ4v) is 9.48. The van der Waals surface area contributed by atoms with Crippen LogP contribution in [0.1, 0.15) is 90.0 Å². The predicted octanol–water partition coefficient (Wildman–Crippen LogP) is 9.93. The first-order valence-corrected chi connectivity index (χ1v) is 23.1. The van der Waals surface area contributed by atoms with Gasteiger partial charge in [-0.3, -0.25) is 0 Å². The van der Waals surface area contributed by atoms with Crippen molar-refractivity contribution in [3.8, 4) is 0 Å². The molecule has 0 amide bonds. The van der Waals surface area contributed by atoms with Crippen LogP contribution in [0.5, 0.6) is 0 Å². The molecule has 0 aliphatic carbocycles. The van der Waals surface area contributed by atoms with Crippen LogP contribution < -0.4 is 0 Å². The van der Waals surface area contributed by atoms with Crippen molar-refractivity contribution in [1.29, 1.82) is 0 Å². The molecule has 44 heavy (non-hydrogen) atoms. The molecule has 0 saturated carbocycles. The second kappa shape index (κ2) is 15.4. The molecule has 2 saturated heterocycles. The number of rotatable bonds is 14. The van der Waals surface area contributed by atoms with Crippen LogP contribution in [0.25, 0.3) is 0 Å². The molecule has 0 aromatic rings. The molecule has 6 nitrogen and oxygen atoms in total. The van der Waals surface area contributed by atoms with Gasteiger partial charge in [0.2, 0.25) is 0 Å². The number of ether oxygens (including phenoxy) is 2. The Morgan fingerprint density at radius 1 is 0.818 bits per heavy atom. The van der Waals surface area contributed by atoms with E-state index in [1.807, 2.05) is 24.0 Å². The second-order valence-corrected chi connectivity index (χ2v) is 25.5. The molecule has 2 aliphatic rings. The molecule has 10 heteroatoms. The van der Waals surface area contributed by atoms with Crippen LogP contribution in [0.3, 0.4) is 0 Å². The topological polar surface area (TPSA) is 55.4 Å². The van der Waals surface area contributed by atoms with Crippen molar-refractivity contribution < 1.29 is 27.6 Å². The summed E-state index contributed by atoms with van der Waals surface area (Å²) in [6.07, 6.45) is 11.2. The fourth-order valence-electron chi connectivity index (χ4n) is 5.20. The standard InChI is InChI=1S/C34H62BIO6Si2/c1-16-44(17-2,18-3)40-28(23-19-20-25-36)30-29(37-34(12,13)38-30)27(39-43(14,15)31(5,6)7)24-21-22-26(4)35-41-32(8,9)33(10,11)42-35/h19-25,27-30H,16-18H2,1-15H3/b23-19-,24-21+,25-20+,26-22-/t27-,28+,29+,30-/m1/s1. The molecule has 0 spiro atoms. The van der Waals surface area contributed by atoms with E-state index in [4.69, 9.17) is 27.6 Å². The number of halogens is 1. The van der Waals surface area contributed by atoms with Gasteiger partial charge in [0.1, 0.15) is 12.2 Å². The first-order chi connectivity index (χ1) is 20.1. The van der Waals surface area contributed by atoms with Crippen molar-refractivity contribution in [1.82, 2.24) is 0 Å².